The molecule has 0 saturated heterocycles. The van der Waals surface area contributed by atoms with Gasteiger partial charge >= 0.3 is 0 Å². The van der Waals surface area contributed by atoms with Crippen molar-refractivity contribution >= 4 is 24.0 Å². The van der Waals surface area contributed by atoms with Crippen LogP contribution in [0, 0.1) is 4.64 Å². The van der Waals surface area contributed by atoms with Crippen LogP contribution in [-0.2, 0) is 11.5 Å². The van der Waals surface area contributed by atoms with E-state index in [1.807, 2.05) is 11.8 Å². The van der Waals surface area contributed by atoms with Crippen LogP contribution in [0.4, 0.5) is 0 Å². The maximum absolute atomic E-state index is 5.31. The second-order valence-corrected chi connectivity index (χ2v) is 5.38. The normalized spacial score (nSPS) is 20.6. The van der Waals surface area contributed by atoms with E-state index in [9.17, 15) is 0 Å². The molecule has 1 saturated carbocycles. The van der Waals surface area contributed by atoms with E-state index in [1.54, 1.807) is 0 Å². The van der Waals surface area contributed by atoms with E-state index in [0.29, 0.717) is 5.92 Å². The summed E-state index contributed by atoms with van der Waals surface area (Å²) in [6.07, 6.45) is 3.91. The molecule has 2 heterocycles. The van der Waals surface area contributed by atoms with Crippen LogP contribution in [0.2, 0.25) is 0 Å². The van der Waals surface area contributed by atoms with Crippen molar-refractivity contribution in [2.24, 2.45) is 0 Å². The van der Waals surface area contributed by atoms with Crippen LogP contribution in [-0.4, -0.2) is 9.97 Å². The summed E-state index contributed by atoms with van der Waals surface area (Å²) in [6.45, 7) is 0. The number of fused-ring (bicyclic) bond motifs is 1. The van der Waals surface area contributed by atoms with E-state index in [-0.39, 0.29) is 0 Å². The number of thioether (sulfide) groups is 1. The second-order valence-electron chi connectivity index (χ2n) is 4.00. The molecule has 1 aromatic heterocycles. The number of nitrogens with one attached hydrogen (secondary N) is 1. The minimum absolute atomic E-state index is 0.660. The monoisotopic (exact) mass is 224 g/mol. The van der Waals surface area contributed by atoms with Gasteiger partial charge in [-0.05, 0) is 12.8 Å². The molecule has 4 heteroatoms. The van der Waals surface area contributed by atoms with Crippen LogP contribution in [0.1, 0.15) is 42.3 Å². The van der Waals surface area contributed by atoms with Gasteiger partial charge in [0.1, 0.15) is 10.5 Å². The fourth-order valence-electron chi connectivity index (χ4n) is 1.97. The third-order valence-corrected chi connectivity index (χ3v) is 4.43. The van der Waals surface area contributed by atoms with E-state index < -0.39 is 0 Å². The third kappa shape index (κ3) is 1.32. The van der Waals surface area contributed by atoms with Crippen molar-refractivity contribution in [3.63, 3.8) is 0 Å². The Balaban J connectivity index is 2.07. The average molecular weight is 224 g/mol. The highest BCUT2D eigenvalue weighted by Crippen LogP contribution is 2.36. The number of nitrogens with zero attached hydrogens (tertiary/aromatic N) is 1. The first-order chi connectivity index (χ1) is 6.84. The first-order valence-electron chi connectivity index (χ1n) is 5.04. The summed E-state index contributed by atoms with van der Waals surface area (Å²) in [4.78, 5) is 7.98. The molecule has 1 aliphatic heterocycles. The molecule has 1 aromatic rings. The molecular formula is C10H12N2S2. The number of hydrogen-bond acceptors (Lipinski definition) is 3. The van der Waals surface area contributed by atoms with E-state index in [2.05, 4.69) is 9.97 Å². The molecule has 0 atom stereocenters. The number of rotatable bonds is 1. The molecule has 0 aromatic carbocycles. The molecule has 0 spiro atoms. The summed E-state index contributed by atoms with van der Waals surface area (Å²) in [5.74, 6) is 3.93. The zero-order valence-corrected chi connectivity index (χ0v) is 9.51. The second kappa shape index (κ2) is 3.35. The first-order valence-corrected chi connectivity index (χ1v) is 6.60. The Morgan fingerprint density at radius 2 is 2.21 bits per heavy atom. The molecule has 1 aliphatic carbocycles. The highest BCUT2D eigenvalue weighted by molar-refractivity contribution is 7.98. The van der Waals surface area contributed by atoms with Gasteiger partial charge in [-0.15, -0.1) is 0 Å². The van der Waals surface area contributed by atoms with Crippen molar-refractivity contribution in [3.05, 3.63) is 21.7 Å². The van der Waals surface area contributed by atoms with Crippen molar-refractivity contribution in [2.75, 3.05) is 0 Å². The van der Waals surface area contributed by atoms with Gasteiger partial charge in [-0.3, -0.25) is 0 Å². The summed E-state index contributed by atoms with van der Waals surface area (Å²) in [5, 5.41) is 0. The zero-order valence-electron chi connectivity index (χ0n) is 7.88. The largest absolute Gasteiger partial charge is 0.346 e. The van der Waals surface area contributed by atoms with Gasteiger partial charge in [-0.1, -0.05) is 18.6 Å². The number of aromatic nitrogens is 2. The predicted octanol–water partition coefficient (Wildman–Crippen LogP) is 3.15. The fraction of sp³-hybridized carbons (Fsp3) is 0.600. The summed E-state index contributed by atoms with van der Waals surface area (Å²) in [7, 11) is 0. The number of aromatic amines is 1. The minimum atomic E-state index is 0.660. The van der Waals surface area contributed by atoms with Gasteiger partial charge in [0.15, 0.2) is 0 Å². The first kappa shape index (κ1) is 8.92. The van der Waals surface area contributed by atoms with Crippen LogP contribution in [0.5, 0.6) is 0 Å². The lowest BCUT2D eigenvalue weighted by atomic mass is 9.85. The lowest BCUT2D eigenvalue weighted by Crippen LogP contribution is -2.14. The van der Waals surface area contributed by atoms with Gasteiger partial charge in [-0.25, -0.2) is 4.98 Å². The molecular weight excluding hydrogens is 212 g/mol. The fourth-order valence-corrected chi connectivity index (χ4v) is 3.42. The lowest BCUT2D eigenvalue weighted by molar-refractivity contribution is 0.400. The van der Waals surface area contributed by atoms with Gasteiger partial charge in [-0.2, -0.15) is 11.8 Å². The van der Waals surface area contributed by atoms with Crippen LogP contribution < -0.4 is 0 Å². The highest BCUT2D eigenvalue weighted by atomic mass is 32.2. The summed E-state index contributed by atoms with van der Waals surface area (Å²) in [6, 6.07) is 0. The summed E-state index contributed by atoms with van der Waals surface area (Å²) < 4.78 is 0.839. The molecule has 3 rings (SSSR count). The Kier molecular flexibility index (Phi) is 2.13. The zero-order chi connectivity index (χ0) is 9.54. The van der Waals surface area contributed by atoms with Crippen LogP contribution in [0.3, 0.4) is 0 Å². The maximum atomic E-state index is 5.31. The lowest BCUT2D eigenvalue weighted by Gasteiger charge is -2.24. The molecule has 74 valence electrons. The van der Waals surface area contributed by atoms with Crippen LogP contribution >= 0.6 is 24.0 Å². The van der Waals surface area contributed by atoms with E-state index >= 15 is 0 Å². The smallest absolute Gasteiger partial charge is 0.134 e. The van der Waals surface area contributed by atoms with Crippen molar-refractivity contribution in [2.45, 2.75) is 36.7 Å². The van der Waals surface area contributed by atoms with Crippen molar-refractivity contribution < 1.29 is 0 Å². The molecule has 1 fully saturated rings. The average Bonchev–Trinajstić information content (AvgIpc) is 2.48. The molecule has 1 N–H and O–H groups in total. The highest BCUT2D eigenvalue weighted by Gasteiger charge is 2.24. The summed E-state index contributed by atoms with van der Waals surface area (Å²) in [5.41, 5.74) is 2.60. The topological polar surface area (TPSA) is 28.7 Å². The van der Waals surface area contributed by atoms with Gasteiger partial charge in [0.05, 0.1) is 0 Å². The standard InChI is InChI=1S/C10H12N2S2/c13-10-7-4-14-5-8(7)11-9(12-10)6-2-1-3-6/h6H,1-5H2,(H,11,12,13). The van der Waals surface area contributed by atoms with Crippen LogP contribution in [0.15, 0.2) is 0 Å². The molecule has 14 heavy (non-hydrogen) atoms. The van der Waals surface area contributed by atoms with Gasteiger partial charge in [0.2, 0.25) is 0 Å². The molecule has 0 unspecified atom stereocenters. The van der Waals surface area contributed by atoms with Crippen molar-refractivity contribution in [1.82, 2.24) is 9.97 Å². The molecule has 0 bridgehead atoms. The van der Waals surface area contributed by atoms with Crippen molar-refractivity contribution in [1.29, 1.82) is 0 Å². The van der Waals surface area contributed by atoms with Gasteiger partial charge in [0, 0.05) is 28.7 Å². The molecule has 2 aliphatic rings. The minimum Gasteiger partial charge on any atom is -0.346 e. The maximum Gasteiger partial charge on any atom is 0.134 e. The summed E-state index contributed by atoms with van der Waals surface area (Å²) >= 11 is 7.24. The van der Waals surface area contributed by atoms with E-state index in [1.165, 1.54) is 30.5 Å². The van der Waals surface area contributed by atoms with Gasteiger partial charge in [0.25, 0.3) is 0 Å². The number of hydrogen-bond donors (Lipinski definition) is 1. The quantitative estimate of drug-likeness (QED) is 0.743. The Labute approximate surface area is 92.5 Å². The van der Waals surface area contributed by atoms with Crippen molar-refractivity contribution in [3.8, 4) is 0 Å². The SMILES string of the molecule is S=c1nc(C2CCC2)[nH]c2c1CSC2. The molecule has 2 nitrogen and oxygen atoms in total. The predicted molar refractivity (Wildman–Crippen MR) is 61.0 cm³/mol. The Hall–Kier alpha value is -0.350. The molecule has 0 amide bonds. The van der Waals surface area contributed by atoms with Crippen LogP contribution in [0.25, 0.3) is 0 Å². The third-order valence-electron chi connectivity index (χ3n) is 3.11. The molecule has 0 radical (unpaired) electrons. The number of H-pyrrole nitrogens is 1. The Morgan fingerprint density at radius 1 is 1.36 bits per heavy atom. The Morgan fingerprint density at radius 3 is 2.93 bits per heavy atom. The Bertz CT molecular complexity index is 421. The van der Waals surface area contributed by atoms with E-state index in [4.69, 9.17) is 12.2 Å². The van der Waals surface area contributed by atoms with E-state index in [0.717, 1.165) is 22.0 Å². The van der Waals surface area contributed by atoms with Gasteiger partial charge < -0.3 is 4.98 Å².